The molecule has 0 saturated heterocycles. The molecule has 8 nitrogen and oxygen atoms in total. The quantitative estimate of drug-likeness (QED) is 0.254. The molecule has 0 heterocycles. The van der Waals surface area contributed by atoms with Gasteiger partial charge in [-0.25, -0.2) is 5.43 Å². The van der Waals surface area contributed by atoms with Crippen LogP contribution in [0.5, 0.6) is 5.75 Å². The maximum Gasteiger partial charge on any atom is 0.329 e. The van der Waals surface area contributed by atoms with E-state index >= 15 is 0 Å². The molecule has 0 aliphatic heterocycles. The minimum absolute atomic E-state index is 0.229. The molecule has 0 aliphatic carbocycles. The Balaban J connectivity index is 1.55. The first-order valence-electron chi connectivity index (χ1n) is 10.00. The van der Waals surface area contributed by atoms with Gasteiger partial charge in [0.05, 0.1) is 21.9 Å². The Hall–Kier alpha value is -3.88. The van der Waals surface area contributed by atoms with Gasteiger partial charge in [-0.2, -0.15) is 5.10 Å². The van der Waals surface area contributed by atoms with Crippen molar-refractivity contribution in [2.24, 2.45) is 5.10 Å². The highest BCUT2D eigenvalue weighted by Crippen LogP contribution is 2.29. The van der Waals surface area contributed by atoms with E-state index in [2.05, 4.69) is 21.2 Å². The normalized spacial score (nSPS) is 10.6. The Kier molecular flexibility index (Phi) is 8.61. The Morgan fingerprint density at radius 2 is 1.71 bits per heavy atom. The summed E-state index contributed by atoms with van der Waals surface area (Å²) in [6.45, 7) is 1.56. The van der Waals surface area contributed by atoms with Crippen molar-refractivity contribution >= 4 is 58.5 Å². The molecule has 0 bridgehead atoms. The first-order valence-corrected chi connectivity index (χ1v) is 10.8. The summed E-state index contributed by atoms with van der Waals surface area (Å²) < 4.78 is 5.57. The lowest BCUT2D eigenvalue weighted by Gasteiger charge is -2.11. The molecule has 0 aromatic heterocycles. The lowest BCUT2D eigenvalue weighted by atomic mass is 10.2. The van der Waals surface area contributed by atoms with Crippen LogP contribution in [0.2, 0.25) is 10.0 Å². The zero-order valence-corrected chi connectivity index (χ0v) is 19.5. The van der Waals surface area contributed by atoms with E-state index in [9.17, 15) is 14.4 Å². The van der Waals surface area contributed by atoms with Crippen LogP contribution in [0.15, 0.2) is 71.8 Å². The van der Waals surface area contributed by atoms with E-state index in [1.54, 1.807) is 60.7 Å². The standard InChI is InChI=1S/C24H20Cl2N4O4/c1-15-6-4-8-17(12-15)28-23(32)24(33)30-27-13-16-7-2-3-11-20(16)34-14-21(31)29-19-10-5-9-18(25)22(19)26/h2-13H,14H2,1H3,(H,28,32)(H,29,31)(H,30,33)/b27-13-. The topological polar surface area (TPSA) is 109 Å². The maximum atomic E-state index is 12.2. The molecule has 0 unspecified atom stereocenters. The molecule has 3 aromatic rings. The number of para-hydroxylation sites is 1. The van der Waals surface area contributed by atoms with E-state index in [0.29, 0.717) is 27.7 Å². The smallest absolute Gasteiger partial charge is 0.329 e. The summed E-state index contributed by atoms with van der Waals surface area (Å²) in [7, 11) is 0. The van der Waals surface area contributed by atoms with Gasteiger partial charge >= 0.3 is 11.8 Å². The predicted octanol–water partition coefficient (Wildman–Crippen LogP) is 4.41. The summed E-state index contributed by atoms with van der Waals surface area (Å²) in [5, 5.41) is 9.46. The number of hydrogen-bond donors (Lipinski definition) is 3. The van der Waals surface area contributed by atoms with Gasteiger partial charge in [0.1, 0.15) is 5.75 Å². The van der Waals surface area contributed by atoms with Crippen LogP contribution < -0.4 is 20.8 Å². The van der Waals surface area contributed by atoms with E-state index < -0.39 is 17.7 Å². The van der Waals surface area contributed by atoms with Crippen molar-refractivity contribution in [3.63, 3.8) is 0 Å². The van der Waals surface area contributed by atoms with Crippen LogP contribution in [0, 0.1) is 6.92 Å². The molecule has 10 heteroatoms. The van der Waals surface area contributed by atoms with Crippen LogP contribution in [0.25, 0.3) is 0 Å². The highest BCUT2D eigenvalue weighted by Gasteiger charge is 2.13. The van der Waals surface area contributed by atoms with Crippen molar-refractivity contribution in [1.82, 2.24) is 5.43 Å². The number of carbonyl (C=O) groups is 3. The third-order valence-corrected chi connectivity index (χ3v) is 5.17. The van der Waals surface area contributed by atoms with Crippen molar-refractivity contribution in [3.05, 3.63) is 87.9 Å². The molecule has 0 saturated carbocycles. The van der Waals surface area contributed by atoms with Gasteiger partial charge in [-0.05, 0) is 48.9 Å². The second-order valence-electron chi connectivity index (χ2n) is 7.00. The number of aryl methyl sites for hydroxylation is 1. The van der Waals surface area contributed by atoms with E-state index in [1.807, 2.05) is 13.0 Å². The summed E-state index contributed by atoms with van der Waals surface area (Å²) in [6, 6.07) is 18.7. The minimum Gasteiger partial charge on any atom is -0.483 e. The third kappa shape index (κ3) is 7.06. The number of nitrogens with zero attached hydrogens (tertiary/aromatic N) is 1. The van der Waals surface area contributed by atoms with Crippen LogP contribution >= 0.6 is 23.2 Å². The highest BCUT2D eigenvalue weighted by molar-refractivity contribution is 6.44. The molecule has 0 radical (unpaired) electrons. The lowest BCUT2D eigenvalue weighted by molar-refractivity contribution is -0.136. The van der Waals surface area contributed by atoms with Crippen molar-refractivity contribution in [1.29, 1.82) is 0 Å². The van der Waals surface area contributed by atoms with Gasteiger partial charge in [0.25, 0.3) is 5.91 Å². The molecule has 3 rings (SSSR count). The minimum atomic E-state index is -0.936. The summed E-state index contributed by atoms with van der Waals surface area (Å²) in [4.78, 5) is 36.3. The number of halogens is 2. The zero-order chi connectivity index (χ0) is 24.5. The number of ether oxygens (including phenoxy) is 1. The number of hydrogen-bond acceptors (Lipinski definition) is 5. The first kappa shape index (κ1) is 24.8. The average Bonchev–Trinajstić information content (AvgIpc) is 2.81. The number of anilines is 2. The van der Waals surface area contributed by atoms with Gasteiger partial charge in [-0.1, -0.05) is 53.5 Å². The second kappa shape index (κ2) is 11.8. The molecule has 3 N–H and O–H groups in total. The summed E-state index contributed by atoms with van der Waals surface area (Å²) in [5.74, 6) is -1.90. The molecular weight excluding hydrogens is 479 g/mol. The predicted molar refractivity (Wildman–Crippen MR) is 133 cm³/mol. The Labute approximate surface area is 205 Å². The van der Waals surface area contributed by atoms with Crippen LogP contribution in [-0.2, 0) is 14.4 Å². The van der Waals surface area contributed by atoms with E-state index in [0.717, 1.165) is 5.56 Å². The molecule has 3 amide bonds. The number of benzene rings is 3. The number of hydrazone groups is 1. The Morgan fingerprint density at radius 3 is 2.50 bits per heavy atom. The molecule has 3 aromatic carbocycles. The van der Waals surface area contributed by atoms with Gasteiger partial charge in [-0.3, -0.25) is 14.4 Å². The molecule has 34 heavy (non-hydrogen) atoms. The van der Waals surface area contributed by atoms with Gasteiger partial charge in [-0.15, -0.1) is 0 Å². The molecule has 0 aliphatic rings. The number of amides is 3. The van der Waals surface area contributed by atoms with E-state index in [4.69, 9.17) is 27.9 Å². The molecule has 174 valence electrons. The van der Waals surface area contributed by atoms with Crippen molar-refractivity contribution in [2.75, 3.05) is 17.2 Å². The zero-order valence-electron chi connectivity index (χ0n) is 18.0. The van der Waals surface area contributed by atoms with Crippen molar-refractivity contribution < 1.29 is 19.1 Å². The lowest BCUT2D eigenvalue weighted by Crippen LogP contribution is -2.32. The van der Waals surface area contributed by atoms with Crippen molar-refractivity contribution in [2.45, 2.75) is 6.92 Å². The molecule has 0 atom stereocenters. The fraction of sp³-hybridized carbons (Fsp3) is 0.0833. The fourth-order valence-corrected chi connectivity index (χ4v) is 3.12. The SMILES string of the molecule is Cc1cccc(NC(=O)C(=O)N/N=C\c2ccccc2OCC(=O)Nc2cccc(Cl)c2Cl)c1. The maximum absolute atomic E-state index is 12.2. The number of nitrogens with one attached hydrogen (secondary N) is 3. The van der Waals surface area contributed by atoms with Gasteiger partial charge in [0, 0.05) is 11.3 Å². The van der Waals surface area contributed by atoms with Crippen LogP contribution in [0.1, 0.15) is 11.1 Å². The Bertz CT molecular complexity index is 1250. The molecular formula is C24H20Cl2N4O4. The van der Waals surface area contributed by atoms with Crippen molar-refractivity contribution in [3.8, 4) is 5.75 Å². The van der Waals surface area contributed by atoms with Crippen LogP contribution in [0.4, 0.5) is 11.4 Å². The van der Waals surface area contributed by atoms with Gasteiger partial charge < -0.3 is 15.4 Å². The van der Waals surface area contributed by atoms with Gasteiger partial charge in [0.15, 0.2) is 6.61 Å². The molecule has 0 spiro atoms. The van der Waals surface area contributed by atoms with Gasteiger partial charge in [0.2, 0.25) is 0 Å². The monoisotopic (exact) mass is 498 g/mol. The third-order valence-electron chi connectivity index (χ3n) is 4.36. The largest absolute Gasteiger partial charge is 0.483 e. The summed E-state index contributed by atoms with van der Waals surface area (Å²) in [6.07, 6.45) is 1.30. The Morgan fingerprint density at radius 1 is 0.941 bits per heavy atom. The summed E-state index contributed by atoms with van der Waals surface area (Å²) in [5.41, 5.74) is 4.45. The van der Waals surface area contributed by atoms with E-state index in [-0.39, 0.29) is 11.6 Å². The molecule has 0 fully saturated rings. The van der Waals surface area contributed by atoms with E-state index in [1.165, 1.54) is 6.21 Å². The average molecular weight is 499 g/mol. The van der Waals surface area contributed by atoms with Crippen LogP contribution in [-0.4, -0.2) is 30.5 Å². The highest BCUT2D eigenvalue weighted by atomic mass is 35.5. The second-order valence-corrected chi connectivity index (χ2v) is 7.78. The first-order chi connectivity index (χ1) is 16.3. The fourth-order valence-electron chi connectivity index (χ4n) is 2.77. The number of carbonyl (C=O) groups excluding carboxylic acids is 3. The number of rotatable bonds is 7. The summed E-state index contributed by atoms with van der Waals surface area (Å²) >= 11 is 12.0. The van der Waals surface area contributed by atoms with Crippen LogP contribution in [0.3, 0.4) is 0 Å².